The molecule has 0 bridgehead atoms. The van der Waals surface area contributed by atoms with Crippen molar-refractivity contribution in [2.45, 2.75) is 12.7 Å². The number of hydrogen-bond donors (Lipinski definition) is 1. The highest BCUT2D eigenvalue weighted by atomic mass is 35.5. The fraction of sp³-hybridized carbons (Fsp3) is 0.333. The maximum Gasteiger partial charge on any atom is 0.158 e. The minimum Gasteiger partial charge on any atom is -0.368 e. The van der Waals surface area contributed by atoms with Crippen LogP contribution in [0.2, 0.25) is 10.0 Å². The summed E-state index contributed by atoms with van der Waals surface area (Å²) in [5, 5.41) is 10.2. The molecule has 0 fully saturated rings. The minimum atomic E-state index is -0.794. The van der Waals surface area contributed by atoms with Gasteiger partial charge >= 0.3 is 0 Å². The molecule has 4 heteroatoms. The number of hydrogen-bond acceptors (Lipinski definition) is 2. The summed E-state index contributed by atoms with van der Waals surface area (Å²) in [5.41, 5.74) is 0.892. The summed E-state index contributed by atoms with van der Waals surface area (Å²) in [6.07, 6.45) is -0.384. The van der Waals surface area contributed by atoms with Crippen LogP contribution in [0, 0.1) is 0 Å². The van der Waals surface area contributed by atoms with E-state index in [1.54, 1.807) is 18.2 Å². The molecule has 0 saturated heterocycles. The fourth-order valence-electron chi connectivity index (χ4n) is 0.952. The van der Waals surface area contributed by atoms with E-state index in [9.17, 15) is 5.11 Å². The standard InChI is InChI=1S/C9H10Cl2O2/c1-13-9(12)5-6-2-3-7(10)8(11)4-6/h2-4,9,12H,5H2,1H3. The van der Waals surface area contributed by atoms with Crippen molar-refractivity contribution < 1.29 is 9.84 Å². The molecule has 0 amide bonds. The molecule has 1 aromatic carbocycles. The number of methoxy groups -OCH3 is 1. The van der Waals surface area contributed by atoms with Crippen molar-refractivity contribution in [2.24, 2.45) is 0 Å². The summed E-state index contributed by atoms with van der Waals surface area (Å²) in [4.78, 5) is 0. The van der Waals surface area contributed by atoms with Crippen molar-refractivity contribution in [3.05, 3.63) is 33.8 Å². The highest BCUT2D eigenvalue weighted by molar-refractivity contribution is 6.42. The van der Waals surface area contributed by atoms with Crippen LogP contribution >= 0.6 is 23.2 Å². The number of ether oxygens (including phenoxy) is 1. The Morgan fingerprint density at radius 2 is 2.08 bits per heavy atom. The van der Waals surface area contributed by atoms with E-state index in [1.807, 2.05) is 0 Å². The topological polar surface area (TPSA) is 29.5 Å². The Labute approximate surface area is 87.0 Å². The van der Waals surface area contributed by atoms with Crippen LogP contribution in [0.3, 0.4) is 0 Å². The zero-order valence-corrected chi connectivity index (χ0v) is 8.64. The van der Waals surface area contributed by atoms with Gasteiger partial charge in [0, 0.05) is 13.5 Å². The molecule has 0 aromatic heterocycles. The van der Waals surface area contributed by atoms with Crippen LogP contribution in [0.4, 0.5) is 0 Å². The van der Waals surface area contributed by atoms with Gasteiger partial charge in [-0.2, -0.15) is 0 Å². The second kappa shape index (κ2) is 4.82. The number of halogens is 2. The van der Waals surface area contributed by atoms with Crippen LogP contribution in [0.5, 0.6) is 0 Å². The highest BCUT2D eigenvalue weighted by Gasteiger charge is 2.05. The second-order valence-corrected chi connectivity index (χ2v) is 3.46. The second-order valence-electron chi connectivity index (χ2n) is 2.64. The van der Waals surface area contributed by atoms with Gasteiger partial charge in [-0.25, -0.2) is 0 Å². The van der Waals surface area contributed by atoms with Gasteiger partial charge in [0.25, 0.3) is 0 Å². The molecule has 0 spiro atoms. The van der Waals surface area contributed by atoms with Crippen LogP contribution < -0.4 is 0 Å². The minimum absolute atomic E-state index is 0.410. The normalized spacial score (nSPS) is 12.9. The first-order valence-corrected chi connectivity index (χ1v) is 4.54. The summed E-state index contributed by atoms with van der Waals surface area (Å²) in [7, 11) is 1.45. The lowest BCUT2D eigenvalue weighted by molar-refractivity contribution is -0.0720. The van der Waals surface area contributed by atoms with Gasteiger partial charge in [0.1, 0.15) is 0 Å². The first kappa shape index (κ1) is 10.8. The maximum absolute atomic E-state index is 9.17. The van der Waals surface area contributed by atoms with Gasteiger partial charge in [0.15, 0.2) is 6.29 Å². The Morgan fingerprint density at radius 1 is 1.38 bits per heavy atom. The molecule has 1 unspecified atom stereocenters. The van der Waals surface area contributed by atoms with E-state index in [0.717, 1.165) is 5.56 Å². The Morgan fingerprint density at radius 3 is 2.62 bits per heavy atom. The molecule has 0 aliphatic carbocycles. The molecule has 1 aromatic rings. The fourth-order valence-corrected chi connectivity index (χ4v) is 1.27. The van der Waals surface area contributed by atoms with Gasteiger partial charge in [-0.1, -0.05) is 29.3 Å². The Bertz CT molecular complexity index is 289. The molecule has 0 saturated carbocycles. The predicted octanol–water partition coefficient (Wildman–Crippen LogP) is 2.50. The molecule has 0 aliphatic rings. The highest BCUT2D eigenvalue weighted by Crippen LogP contribution is 2.23. The van der Waals surface area contributed by atoms with Crippen molar-refractivity contribution in [1.82, 2.24) is 0 Å². The number of aliphatic hydroxyl groups is 1. The number of rotatable bonds is 3. The molecule has 1 atom stereocenters. The van der Waals surface area contributed by atoms with Gasteiger partial charge in [-0.05, 0) is 17.7 Å². The molecule has 1 N–H and O–H groups in total. The smallest absolute Gasteiger partial charge is 0.158 e. The maximum atomic E-state index is 9.17. The summed E-state index contributed by atoms with van der Waals surface area (Å²) < 4.78 is 4.70. The van der Waals surface area contributed by atoms with E-state index in [1.165, 1.54) is 7.11 Å². The monoisotopic (exact) mass is 220 g/mol. The van der Waals surface area contributed by atoms with Crippen LogP contribution in [0.25, 0.3) is 0 Å². The molecule has 0 aliphatic heterocycles. The lowest BCUT2D eigenvalue weighted by atomic mass is 10.1. The molecule has 1 rings (SSSR count). The zero-order chi connectivity index (χ0) is 9.84. The van der Waals surface area contributed by atoms with Crippen LogP contribution in [0.15, 0.2) is 18.2 Å². The number of benzene rings is 1. The average molecular weight is 221 g/mol. The van der Waals surface area contributed by atoms with E-state index in [2.05, 4.69) is 0 Å². The van der Waals surface area contributed by atoms with Crippen molar-refractivity contribution in [3.8, 4) is 0 Å². The van der Waals surface area contributed by atoms with Crippen LogP contribution in [-0.2, 0) is 11.2 Å². The lowest BCUT2D eigenvalue weighted by Crippen LogP contribution is -2.12. The largest absolute Gasteiger partial charge is 0.368 e. The lowest BCUT2D eigenvalue weighted by Gasteiger charge is -2.08. The molecular weight excluding hydrogens is 211 g/mol. The van der Waals surface area contributed by atoms with Gasteiger partial charge in [-0.3, -0.25) is 0 Å². The van der Waals surface area contributed by atoms with Gasteiger partial charge < -0.3 is 9.84 Å². The van der Waals surface area contributed by atoms with Gasteiger partial charge in [-0.15, -0.1) is 0 Å². The molecule has 72 valence electrons. The summed E-state index contributed by atoms with van der Waals surface area (Å²) in [5.74, 6) is 0. The van der Waals surface area contributed by atoms with Crippen LogP contribution in [0.1, 0.15) is 5.56 Å². The average Bonchev–Trinajstić information content (AvgIpc) is 2.11. The van der Waals surface area contributed by atoms with Crippen molar-refractivity contribution >= 4 is 23.2 Å². The molecule has 2 nitrogen and oxygen atoms in total. The SMILES string of the molecule is COC(O)Cc1ccc(Cl)c(Cl)c1. The van der Waals surface area contributed by atoms with Crippen molar-refractivity contribution in [1.29, 1.82) is 0 Å². The first-order chi connectivity index (χ1) is 6.13. The van der Waals surface area contributed by atoms with E-state index in [-0.39, 0.29) is 0 Å². The van der Waals surface area contributed by atoms with Gasteiger partial charge in [0.2, 0.25) is 0 Å². The molecule has 13 heavy (non-hydrogen) atoms. The van der Waals surface area contributed by atoms with Crippen molar-refractivity contribution in [2.75, 3.05) is 7.11 Å². The number of aliphatic hydroxyl groups excluding tert-OH is 1. The summed E-state index contributed by atoms with van der Waals surface area (Å²) in [6.45, 7) is 0. The summed E-state index contributed by atoms with van der Waals surface area (Å²) >= 11 is 11.5. The molecule has 0 radical (unpaired) electrons. The Balaban J connectivity index is 2.73. The van der Waals surface area contributed by atoms with E-state index in [0.29, 0.717) is 16.5 Å². The van der Waals surface area contributed by atoms with E-state index >= 15 is 0 Å². The first-order valence-electron chi connectivity index (χ1n) is 3.78. The third-order valence-electron chi connectivity index (χ3n) is 1.67. The van der Waals surface area contributed by atoms with Crippen molar-refractivity contribution in [3.63, 3.8) is 0 Å². The third kappa shape index (κ3) is 3.16. The zero-order valence-electron chi connectivity index (χ0n) is 7.13. The van der Waals surface area contributed by atoms with Gasteiger partial charge in [0.05, 0.1) is 10.0 Å². The van der Waals surface area contributed by atoms with E-state index < -0.39 is 6.29 Å². The van der Waals surface area contributed by atoms with Crippen LogP contribution in [-0.4, -0.2) is 18.5 Å². The third-order valence-corrected chi connectivity index (χ3v) is 2.41. The molecular formula is C9H10Cl2O2. The van der Waals surface area contributed by atoms with E-state index in [4.69, 9.17) is 27.9 Å². The Kier molecular flexibility index (Phi) is 4.00. The quantitative estimate of drug-likeness (QED) is 0.794. The molecule has 0 heterocycles. The Hall–Kier alpha value is -0.280. The summed E-state index contributed by atoms with van der Waals surface area (Å²) in [6, 6.07) is 5.21. The predicted molar refractivity (Wildman–Crippen MR) is 53.2 cm³/mol.